The molecule has 5 heteroatoms. The number of carboxylic acids is 1. The summed E-state index contributed by atoms with van der Waals surface area (Å²) in [6, 6.07) is 0. The first kappa shape index (κ1) is 31.5. The van der Waals surface area contributed by atoms with E-state index in [1.807, 2.05) is 0 Å². The molecule has 1 heterocycles. The fraction of sp³-hybridized carbons (Fsp3) is 0.960. The minimum absolute atomic E-state index is 0.314. The zero-order valence-electron chi connectivity index (χ0n) is 21.5. The summed E-state index contributed by atoms with van der Waals surface area (Å²) in [4.78, 5) is 10.2. The quantitative estimate of drug-likeness (QED) is 0.355. The molecule has 1 aliphatic heterocycles. The predicted octanol–water partition coefficient (Wildman–Crippen LogP) is 5.63. The summed E-state index contributed by atoms with van der Waals surface area (Å²) in [6.45, 7) is 18.7. The minimum atomic E-state index is -1.39. The van der Waals surface area contributed by atoms with Crippen LogP contribution in [0, 0.1) is 17.3 Å². The molecule has 1 aliphatic rings. The van der Waals surface area contributed by atoms with Crippen molar-refractivity contribution in [3.63, 3.8) is 0 Å². The van der Waals surface area contributed by atoms with Gasteiger partial charge in [0.15, 0.2) is 0 Å². The highest BCUT2D eigenvalue weighted by Crippen LogP contribution is 2.39. The molecule has 0 aromatic rings. The van der Waals surface area contributed by atoms with Crippen molar-refractivity contribution in [3.8, 4) is 0 Å². The Morgan fingerprint density at radius 3 is 1.50 bits per heavy atom. The molecule has 1 fully saturated rings. The highest BCUT2D eigenvalue weighted by atomic mass is 16.4. The topological polar surface area (TPSA) is 89.8 Å². The van der Waals surface area contributed by atoms with Gasteiger partial charge in [0.2, 0.25) is 0 Å². The number of hydrogen-bond acceptors (Lipinski definition) is 4. The van der Waals surface area contributed by atoms with Crippen molar-refractivity contribution in [2.45, 2.75) is 125 Å². The fourth-order valence-corrected chi connectivity index (χ4v) is 4.38. The molecule has 5 nitrogen and oxygen atoms in total. The van der Waals surface area contributed by atoms with E-state index in [2.05, 4.69) is 60.7 Å². The van der Waals surface area contributed by atoms with E-state index >= 15 is 0 Å². The maximum atomic E-state index is 10.2. The second-order valence-electron chi connectivity index (χ2n) is 10.5. The zero-order chi connectivity index (χ0) is 24.0. The number of rotatable bonds is 9. The summed E-state index contributed by atoms with van der Waals surface area (Å²) < 4.78 is 0. The van der Waals surface area contributed by atoms with Crippen molar-refractivity contribution in [2.24, 2.45) is 17.3 Å². The van der Waals surface area contributed by atoms with Gasteiger partial charge >= 0.3 is 5.97 Å². The predicted molar refractivity (Wildman–Crippen MR) is 128 cm³/mol. The van der Waals surface area contributed by atoms with Crippen LogP contribution in [0.1, 0.15) is 114 Å². The molecule has 0 saturated carbocycles. The van der Waals surface area contributed by atoms with Gasteiger partial charge in [0.05, 0.1) is 13.2 Å². The third-order valence-corrected chi connectivity index (χ3v) is 6.11. The molecular formula is C25H53NO4. The van der Waals surface area contributed by atoms with E-state index in [0.29, 0.717) is 11.1 Å². The van der Waals surface area contributed by atoms with Gasteiger partial charge in [-0.25, -0.2) is 0 Å². The molecule has 0 spiro atoms. The van der Waals surface area contributed by atoms with Crippen molar-refractivity contribution in [1.29, 1.82) is 0 Å². The smallest absolute Gasteiger partial charge is 0.314 e. The van der Waals surface area contributed by atoms with Gasteiger partial charge in [0, 0.05) is 11.1 Å². The van der Waals surface area contributed by atoms with E-state index in [0.717, 1.165) is 11.8 Å². The molecule has 0 aromatic heterocycles. The number of piperidine rings is 1. The number of hydrogen-bond donors (Lipinski definition) is 4. The summed E-state index contributed by atoms with van der Waals surface area (Å²) >= 11 is 0. The molecule has 0 unspecified atom stereocenters. The number of aliphatic hydroxyl groups excluding tert-OH is 2. The van der Waals surface area contributed by atoms with Gasteiger partial charge in [0.25, 0.3) is 0 Å². The molecule has 182 valence electrons. The third-order valence-electron chi connectivity index (χ3n) is 6.11. The van der Waals surface area contributed by atoms with Crippen LogP contribution in [-0.4, -0.2) is 45.6 Å². The zero-order valence-corrected chi connectivity index (χ0v) is 21.5. The van der Waals surface area contributed by atoms with Gasteiger partial charge in [-0.2, -0.15) is 0 Å². The van der Waals surface area contributed by atoms with Crippen molar-refractivity contribution >= 4 is 5.97 Å². The molecule has 4 N–H and O–H groups in total. The van der Waals surface area contributed by atoms with Crippen LogP contribution in [0.5, 0.6) is 0 Å². The van der Waals surface area contributed by atoms with Gasteiger partial charge < -0.3 is 20.6 Å². The second kappa shape index (κ2) is 15.2. The Labute approximate surface area is 187 Å². The van der Waals surface area contributed by atoms with Crippen LogP contribution in [0.25, 0.3) is 0 Å². The van der Waals surface area contributed by atoms with Crippen LogP contribution in [0.15, 0.2) is 0 Å². The number of carboxylic acid groups (broad SMARTS) is 1. The SMILES string of the molecule is CC(CO)(CO)C(=O)O.CCC(CC)C1CC(C)(C)NC(C)(C)C1.CCCCCC. The van der Waals surface area contributed by atoms with Gasteiger partial charge in [-0.1, -0.05) is 66.2 Å². The van der Waals surface area contributed by atoms with Crippen LogP contribution < -0.4 is 5.32 Å². The first-order chi connectivity index (χ1) is 13.8. The Kier molecular flexibility index (Phi) is 16.0. The average Bonchev–Trinajstić information content (AvgIpc) is 2.65. The lowest BCUT2D eigenvalue weighted by Crippen LogP contribution is -2.58. The van der Waals surface area contributed by atoms with Crippen molar-refractivity contribution in [2.75, 3.05) is 13.2 Å². The molecule has 0 aliphatic carbocycles. The van der Waals surface area contributed by atoms with E-state index in [1.165, 1.54) is 58.3 Å². The van der Waals surface area contributed by atoms with Crippen LogP contribution in [0.2, 0.25) is 0 Å². The Bertz CT molecular complexity index is 420. The average molecular weight is 432 g/mol. The highest BCUT2D eigenvalue weighted by molar-refractivity contribution is 5.74. The summed E-state index contributed by atoms with van der Waals surface area (Å²) in [5.74, 6) is 0.643. The Morgan fingerprint density at radius 1 is 0.933 bits per heavy atom. The van der Waals surface area contributed by atoms with Crippen LogP contribution in [0.4, 0.5) is 0 Å². The molecule has 0 aromatic carbocycles. The van der Waals surface area contributed by atoms with Gasteiger partial charge in [0.1, 0.15) is 5.41 Å². The van der Waals surface area contributed by atoms with Crippen molar-refractivity contribution < 1.29 is 20.1 Å². The standard InChI is InChI=1S/C14H29N.C6H14.C5H10O4/c1-7-11(8-2)12-9-13(3,4)15-14(5,6)10-12;1-3-5-6-4-2;1-5(2-6,3-7)4(8)9/h11-12,15H,7-10H2,1-6H3;3-6H2,1-2H3;6-7H,2-3H2,1H3,(H,8,9). The minimum Gasteiger partial charge on any atom is -0.481 e. The van der Waals surface area contributed by atoms with Crippen molar-refractivity contribution in [1.82, 2.24) is 5.32 Å². The number of carbonyl (C=O) groups is 1. The number of aliphatic carboxylic acids is 1. The summed E-state index contributed by atoms with van der Waals surface area (Å²) in [7, 11) is 0. The van der Waals surface area contributed by atoms with E-state index in [4.69, 9.17) is 15.3 Å². The lowest BCUT2D eigenvalue weighted by Gasteiger charge is -2.48. The lowest BCUT2D eigenvalue weighted by atomic mass is 9.69. The van der Waals surface area contributed by atoms with Crippen molar-refractivity contribution in [3.05, 3.63) is 0 Å². The van der Waals surface area contributed by atoms with Crippen LogP contribution in [-0.2, 0) is 4.79 Å². The maximum absolute atomic E-state index is 10.2. The van der Waals surface area contributed by atoms with Gasteiger partial charge in [-0.05, 0) is 59.3 Å². The normalized spacial score (nSPS) is 18.1. The van der Waals surface area contributed by atoms with E-state index in [1.54, 1.807) is 0 Å². The molecule has 30 heavy (non-hydrogen) atoms. The summed E-state index contributed by atoms with van der Waals surface area (Å²) in [6.07, 6.45) is 10.9. The molecule has 0 amide bonds. The first-order valence-corrected chi connectivity index (χ1v) is 12.0. The van der Waals surface area contributed by atoms with E-state index in [9.17, 15) is 4.79 Å². The van der Waals surface area contributed by atoms with E-state index in [-0.39, 0.29) is 0 Å². The molecule has 0 atom stereocenters. The molecular weight excluding hydrogens is 378 g/mol. The number of nitrogens with one attached hydrogen (secondary N) is 1. The van der Waals surface area contributed by atoms with Gasteiger partial charge in [-0.15, -0.1) is 0 Å². The molecule has 1 saturated heterocycles. The fourth-order valence-electron chi connectivity index (χ4n) is 4.38. The Morgan fingerprint density at radius 2 is 1.30 bits per heavy atom. The van der Waals surface area contributed by atoms with Crippen LogP contribution in [0.3, 0.4) is 0 Å². The monoisotopic (exact) mass is 431 g/mol. The van der Waals surface area contributed by atoms with Gasteiger partial charge in [-0.3, -0.25) is 4.79 Å². The summed E-state index contributed by atoms with van der Waals surface area (Å²) in [5, 5.41) is 28.9. The first-order valence-electron chi connectivity index (χ1n) is 12.0. The maximum Gasteiger partial charge on any atom is 0.314 e. The third kappa shape index (κ3) is 12.9. The second-order valence-corrected chi connectivity index (χ2v) is 10.5. The molecule has 1 rings (SSSR count). The molecule has 0 bridgehead atoms. The Hall–Kier alpha value is -0.650. The Balaban J connectivity index is 0. The van der Waals surface area contributed by atoms with Crippen LogP contribution >= 0.6 is 0 Å². The molecule has 0 radical (unpaired) electrons. The summed E-state index contributed by atoms with van der Waals surface area (Å²) in [5.41, 5.74) is -0.760. The number of aliphatic hydroxyl groups is 2. The number of unbranched alkanes of at least 4 members (excludes halogenated alkanes) is 3. The van der Waals surface area contributed by atoms with E-state index < -0.39 is 24.6 Å². The lowest BCUT2D eigenvalue weighted by molar-refractivity contribution is -0.152. The highest BCUT2D eigenvalue weighted by Gasteiger charge is 2.39. The largest absolute Gasteiger partial charge is 0.481 e.